The molecular weight excluding hydrogens is 130 g/mol. The molecular formula is C7H17NO2. The molecule has 0 aliphatic rings. The van der Waals surface area contributed by atoms with Crippen molar-refractivity contribution in [2.45, 2.75) is 6.10 Å². The second-order valence-corrected chi connectivity index (χ2v) is 2.58. The van der Waals surface area contributed by atoms with Crippen molar-refractivity contribution in [2.75, 3.05) is 41.5 Å². The number of hydrogen-bond acceptors (Lipinski definition) is 3. The molecule has 0 saturated heterocycles. The van der Waals surface area contributed by atoms with Gasteiger partial charge in [0.25, 0.3) is 0 Å². The van der Waals surface area contributed by atoms with Crippen LogP contribution in [-0.4, -0.2) is 52.5 Å². The Morgan fingerprint density at radius 1 is 1.30 bits per heavy atom. The summed E-state index contributed by atoms with van der Waals surface area (Å²) in [6.45, 7) is 1.57. The highest BCUT2D eigenvalue weighted by Gasteiger charge is 2.06. The van der Waals surface area contributed by atoms with Gasteiger partial charge in [0.15, 0.2) is 0 Å². The normalized spacial score (nSPS) is 14.1. The lowest BCUT2D eigenvalue weighted by molar-refractivity contribution is 0.0142. The van der Waals surface area contributed by atoms with E-state index in [0.717, 1.165) is 6.54 Å². The van der Waals surface area contributed by atoms with Crippen LogP contribution < -0.4 is 0 Å². The van der Waals surface area contributed by atoms with Crippen molar-refractivity contribution in [3.63, 3.8) is 0 Å². The third-order valence-corrected chi connectivity index (χ3v) is 1.25. The van der Waals surface area contributed by atoms with Gasteiger partial charge in [-0.25, -0.2) is 0 Å². The topological polar surface area (TPSA) is 21.7 Å². The fraction of sp³-hybridized carbons (Fsp3) is 1.00. The van der Waals surface area contributed by atoms with Crippen molar-refractivity contribution >= 4 is 0 Å². The van der Waals surface area contributed by atoms with Crippen LogP contribution in [0, 0.1) is 0 Å². The van der Waals surface area contributed by atoms with E-state index in [2.05, 4.69) is 4.90 Å². The number of likely N-dealkylation sites (N-methyl/N-ethyl adjacent to an activating group) is 1. The maximum absolute atomic E-state index is 5.13. The molecule has 62 valence electrons. The van der Waals surface area contributed by atoms with E-state index in [1.54, 1.807) is 14.2 Å². The molecule has 0 unspecified atom stereocenters. The van der Waals surface area contributed by atoms with E-state index in [-0.39, 0.29) is 6.10 Å². The summed E-state index contributed by atoms with van der Waals surface area (Å²) in [7, 11) is 7.41. The summed E-state index contributed by atoms with van der Waals surface area (Å²) < 4.78 is 10.1. The minimum atomic E-state index is 0.194. The molecule has 0 rings (SSSR count). The van der Waals surface area contributed by atoms with Crippen molar-refractivity contribution in [3.8, 4) is 0 Å². The summed E-state index contributed by atoms with van der Waals surface area (Å²) >= 11 is 0. The van der Waals surface area contributed by atoms with E-state index < -0.39 is 0 Å². The van der Waals surface area contributed by atoms with Crippen LogP contribution in [-0.2, 0) is 9.47 Å². The SMILES string of the molecule is COC[C@H](CN(C)C)OC. The Morgan fingerprint density at radius 3 is 2.20 bits per heavy atom. The lowest BCUT2D eigenvalue weighted by Gasteiger charge is -2.18. The summed E-state index contributed by atoms with van der Waals surface area (Å²) in [6.07, 6.45) is 0.194. The molecule has 3 heteroatoms. The van der Waals surface area contributed by atoms with Crippen LogP contribution in [0.2, 0.25) is 0 Å². The fourth-order valence-electron chi connectivity index (χ4n) is 0.788. The van der Waals surface area contributed by atoms with Gasteiger partial charge in [0.1, 0.15) is 0 Å². The summed E-state index contributed by atoms with van der Waals surface area (Å²) in [4.78, 5) is 2.08. The molecule has 0 saturated carbocycles. The molecule has 0 amide bonds. The van der Waals surface area contributed by atoms with Crippen molar-refractivity contribution in [2.24, 2.45) is 0 Å². The smallest absolute Gasteiger partial charge is 0.0930 e. The van der Waals surface area contributed by atoms with Crippen LogP contribution in [0.5, 0.6) is 0 Å². The van der Waals surface area contributed by atoms with Crippen molar-refractivity contribution in [1.82, 2.24) is 4.90 Å². The summed E-state index contributed by atoms with van der Waals surface area (Å²) in [5, 5.41) is 0. The average Bonchev–Trinajstić information content (AvgIpc) is 1.86. The van der Waals surface area contributed by atoms with Gasteiger partial charge in [0, 0.05) is 20.8 Å². The Morgan fingerprint density at radius 2 is 1.90 bits per heavy atom. The molecule has 0 N–H and O–H groups in total. The van der Waals surface area contributed by atoms with Crippen LogP contribution >= 0.6 is 0 Å². The van der Waals surface area contributed by atoms with Gasteiger partial charge in [-0.2, -0.15) is 0 Å². The third kappa shape index (κ3) is 4.73. The number of nitrogens with zero attached hydrogens (tertiary/aromatic N) is 1. The zero-order chi connectivity index (χ0) is 7.98. The van der Waals surface area contributed by atoms with E-state index in [1.165, 1.54) is 0 Å². The van der Waals surface area contributed by atoms with Crippen molar-refractivity contribution in [3.05, 3.63) is 0 Å². The molecule has 0 aliphatic carbocycles. The van der Waals surface area contributed by atoms with Crippen LogP contribution in [0.3, 0.4) is 0 Å². The molecule has 0 radical (unpaired) electrons. The maximum Gasteiger partial charge on any atom is 0.0930 e. The van der Waals surface area contributed by atoms with E-state index in [1.807, 2.05) is 14.1 Å². The second kappa shape index (κ2) is 5.65. The number of methoxy groups -OCH3 is 2. The first kappa shape index (κ1) is 9.88. The molecule has 0 heterocycles. The van der Waals surface area contributed by atoms with E-state index in [0.29, 0.717) is 6.61 Å². The number of ether oxygens (including phenoxy) is 2. The molecule has 1 atom stereocenters. The van der Waals surface area contributed by atoms with Gasteiger partial charge >= 0.3 is 0 Å². The molecule has 0 spiro atoms. The van der Waals surface area contributed by atoms with Gasteiger partial charge < -0.3 is 14.4 Å². The standard InChI is InChI=1S/C7H17NO2/c1-8(2)5-7(10-4)6-9-3/h7H,5-6H2,1-4H3/t7-/m0/s1. The minimum absolute atomic E-state index is 0.194. The highest BCUT2D eigenvalue weighted by atomic mass is 16.5. The summed E-state index contributed by atoms with van der Waals surface area (Å²) in [5.74, 6) is 0. The van der Waals surface area contributed by atoms with E-state index in [9.17, 15) is 0 Å². The Kier molecular flexibility index (Phi) is 5.58. The first-order valence-electron chi connectivity index (χ1n) is 3.37. The van der Waals surface area contributed by atoms with Gasteiger partial charge in [-0.3, -0.25) is 0 Å². The average molecular weight is 147 g/mol. The summed E-state index contributed by atoms with van der Waals surface area (Å²) in [6, 6.07) is 0. The van der Waals surface area contributed by atoms with Gasteiger partial charge in [-0.05, 0) is 14.1 Å². The monoisotopic (exact) mass is 147 g/mol. The molecule has 0 aromatic rings. The molecule has 0 fully saturated rings. The first-order chi connectivity index (χ1) is 4.70. The Bertz CT molecular complexity index is 76.0. The maximum atomic E-state index is 5.13. The molecule has 0 aromatic heterocycles. The van der Waals surface area contributed by atoms with Gasteiger partial charge in [-0.15, -0.1) is 0 Å². The largest absolute Gasteiger partial charge is 0.382 e. The van der Waals surface area contributed by atoms with Gasteiger partial charge in [0.2, 0.25) is 0 Å². The third-order valence-electron chi connectivity index (χ3n) is 1.25. The van der Waals surface area contributed by atoms with Crippen LogP contribution in [0.25, 0.3) is 0 Å². The van der Waals surface area contributed by atoms with Crippen LogP contribution in [0.1, 0.15) is 0 Å². The van der Waals surface area contributed by atoms with Gasteiger partial charge in [0.05, 0.1) is 12.7 Å². The highest BCUT2D eigenvalue weighted by Crippen LogP contribution is 1.91. The Labute approximate surface area is 62.9 Å². The molecule has 3 nitrogen and oxygen atoms in total. The summed E-state index contributed by atoms with van der Waals surface area (Å²) in [5.41, 5.74) is 0. The predicted octanol–water partition coefficient (Wildman–Crippen LogP) is 0.209. The highest BCUT2D eigenvalue weighted by molar-refractivity contribution is 4.58. The molecule has 10 heavy (non-hydrogen) atoms. The Balaban J connectivity index is 3.39. The predicted molar refractivity (Wildman–Crippen MR) is 41.2 cm³/mol. The lowest BCUT2D eigenvalue weighted by atomic mass is 10.3. The molecule has 0 aromatic carbocycles. The molecule has 0 aliphatic heterocycles. The van der Waals surface area contributed by atoms with Crippen molar-refractivity contribution < 1.29 is 9.47 Å². The zero-order valence-corrected chi connectivity index (χ0v) is 7.26. The lowest BCUT2D eigenvalue weighted by Crippen LogP contribution is -2.30. The zero-order valence-electron chi connectivity index (χ0n) is 7.26. The molecule has 0 bridgehead atoms. The second-order valence-electron chi connectivity index (χ2n) is 2.58. The first-order valence-corrected chi connectivity index (χ1v) is 3.37. The van der Waals surface area contributed by atoms with Crippen LogP contribution in [0.4, 0.5) is 0 Å². The number of hydrogen-bond donors (Lipinski definition) is 0. The van der Waals surface area contributed by atoms with Crippen molar-refractivity contribution in [1.29, 1.82) is 0 Å². The number of rotatable bonds is 5. The van der Waals surface area contributed by atoms with Crippen LogP contribution in [0.15, 0.2) is 0 Å². The minimum Gasteiger partial charge on any atom is -0.382 e. The fourth-order valence-corrected chi connectivity index (χ4v) is 0.788. The Hall–Kier alpha value is -0.120. The van der Waals surface area contributed by atoms with Gasteiger partial charge in [-0.1, -0.05) is 0 Å². The van der Waals surface area contributed by atoms with E-state index in [4.69, 9.17) is 9.47 Å². The quantitative estimate of drug-likeness (QED) is 0.555. The van der Waals surface area contributed by atoms with E-state index >= 15 is 0 Å².